The first-order valence-corrected chi connectivity index (χ1v) is 9.92. The second-order valence-corrected chi connectivity index (χ2v) is 7.39. The third-order valence-electron chi connectivity index (χ3n) is 4.57. The van der Waals surface area contributed by atoms with Crippen LogP contribution in [0.4, 0.5) is 21.3 Å². The summed E-state index contributed by atoms with van der Waals surface area (Å²) in [5, 5.41) is 13.3. The summed E-state index contributed by atoms with van der Waals surface area (Å²) in [7, 11) is 1.67. The lowest BCUT2D eigenvalue weighted by atomic mass is 10.1. The zero-order valence-corrected chi connectivity index (χ0v) is 16.6. The molecule has 0 atom stereocenters. The molecule has 0 aliphatic carbocycles. The molecule has 3 heterocycles. The summed E-state index contributed by atoms with van der Waals surface area (Å²) in [4.78, 5) is 18.3. The van der Waals surface area contributed by atoms with Gasteiger partial charge < -0.3 is 15.4 Å². The molecule has 4 rings (SSSR count). The number of urea groups is 1. The summed E-state index contributed by atoms with van der Waals surface area (Å²) in [6.07, 6.45) is 3.71. The van der Waals surface area contributed by atoms with Crippen LogP contribution < -0.4 is 15.5 Å². The molecule has 2 N–H and O–H groups in total. The second-order valence-electron chi connectivity index (χ2n) is 6.53. The van der Waals surface area contributed by atoms with Gasteiger partial charge in [-0.1, -0.05) is 6.07 Å². The van der Waals surface area contributed by atoms with Crippen molar-refractivity contribution in [3.8, 4) is 11.3 Å². The number of hydrogen-bond donors (Lipinski definition) is 2. The lowest BCUT2D eigenvalue weighted by Crippen LogP contribution is -2.27. The van der Waals surface area contributed by atoms with E-state index in [1.54, 1.807) is 29.5 Å². The monoisotopic (exact) mass is 398 g/mol. The Morgan fingerprint density at radius 3 is 3.04 bits per heavy atom. The molecule has 0 unspecified atom stereocenters. The van der Waals surface area contributed by atoms with E-state index in [4.69, 9.17) is 9.72 Å². The fourth-order valence-electron chi connectivity index (χ4n) is 3.13. The number of anilines is 3. The number of nitrogens with zero attached hydrogens (tertiary/aromatic N) is 4. The van der Waals surface area contributed by atoms with E-state index < -0.39 is 0 Å². The van der Waals surface area contributed by atoms with Crippen molar-refractivity contribution in [2.75, 3.05) is 37.0 Å². The lowest BCUT2D eigenvalue weighted by molar-refractivity contribution is 0.183. The summed E-state index contributed by atoms with van der Waals surface area (Å²) < 4.78 is 6.90. The van der Waals surface area contributed by atoms with Crippen molar-refractivity contribution >= 4 is 33.9 Å². The zero-order valence-electron chi connectivity index (χ0n) is 15.8. The number of nitrogens with one attached hydrogen (secondary N) is 2. The molecule has 0 bridgehead atoms. The van der Waals surface area contributed by atoms with Gasteiger partial charge in [0.2, 0.25) is 0 Å². The Labute approximate surface area is 167 Å². The maximum absolute atomic E-state index is 11.9. The normalized spacial score (nSPS) is 13.8. The number of carbonyl (C=O) groups excluding carboxylic acids is 1. The van der Waals surface area contributed by atoms with Crippen molar-refractivity contribution in [1.82, 2.24) is 20.1 Å². The summed E-state index contributed by atoms with van der Waals surface area (Å²) in [6, 6.07) is 5.99. The Balaban J connectivity index is 1.48. The number of thiazole rings is 1. The van der Waals surface area contributed by atoms with E-state index in [-0.39, 0.29) is 6.03 Å². The van der Waals surface area contributed by atoms with Crippen LogP contribution in [-0.2, 0) is 11.3 Å². The fraction of sp³-hybridized carbons (Fsp3) is 0.316. The molecule has 8 nitrogen and oxygen atoms in total. The van der Waals surface area contributed by atoms with Gasteiger partial charge in [-0.25, -0.2) is 9.78 Å². The zero-order chi connectivity index (χ0) is 19.5. The summed E-state index contributed by atoms with van der Waals surface area (Å²) in [5.74, 6) is 0. The molecule has 9 heteroatoms. The Bertz CT molecular complexity index is 982. The molecule has 1 fully saturated rings. The molecule has 28 heavy (non-hydrogen) atoms. The van der Waals surface area contributed by atoms with Crippen LogP contribution in [0.15, 0.2) is 36.0 Å². The second kappa shape index (κ2) is 7.99. The number of carbonyl (C=O) groups is 1. The van der Waals surface area contributed by atoms with Crippen LogP contribution in [0.2, 0.25) is 0 Å². The number of amides is 2. The van der Waals surface area contributed by atoms with E-state index in [9.17, 15) is 4.79 Å². The molecule has 2 amide bonds. The molecule has 2 aromatic heterocycles. The van der Waals surface area contributed by atoms with Gasteiger partial charge in [0.1, 0.15) is 0 Å². The third-order valence-corrected chi connectivity index (χ3v) is 5.33. The third kappa shape index (κ3) is 3.85. The largest absolute Gasteiger partial charge is 0.383 e. The standard InChI is InChI=1S/C19H22N6O2S/c1-13-9-15(25-6-5-20-19(25)26)3-4-16(13)17-12-28-18(23-17)22-14-10-21-24(11-14)7-8-27-2/h3-4,9-12H,5-8H2,1-2H3,(H,20,26)(H,22,23). The van der Waals surface area contributed by atoms with Crippen LogP contribution in [0, 0.1) is 6.92 Å². The maximum atomic E-state index is 11.9. The number of rotatable bonds is 7. The highest BCUT2D eigenvalue weighted by molar-refractivity contribution is 7.14. The predicted octanol–water partition coefficient (Wildman–Crippen LogP) is 3.23. The van der Waals surface area contributed by atoms with E-state index in [2.05, 4.69) is 15.7 Å². The molecule has 1 aliphatic heterocycles. The van der Waals surface area contributed by atoms with Gasteiger partial charge in [0.25, 0.3) is 0 Å². The van der Waals surface area contributed by atoms with Gasteiger partial charge in [0.05, 0.1) is 30.7 Å². The highest BCUT2D eigenvalue weighted by Crippen LogP contribution is 2.31. The van der Waals surface area contributed by atoms with Gasteiger partial charge in [-0.3, -0.25) is 9.58 Å². The minimum absolute atomic E-state index is 0.0432. The molecule has 1 aliphatic rings. The van der Waals surface area contributed by atoms with Crippen LogP contribution in [0.5, 0.6) is 0 Å². The number of methoxy groups -OCH3 is 1. The smallest absolute Gasteiger partial charge is 0.321 e. The van der Waals surface area contributed by atoms with Gasteiger partial charge in [-0.05, 0) is 24.6 Å². The van der Waals surface area contributed by atoms with Crippen LogP contribution >= 0.6 is 11.3 Å². The van der Waals surface area contributed by atoms with E-state index in [1.807, 2.05) is 41.4 Å². The fourth-order valence-corrected chi connectivity index (χ4v) is 3.87. The summed E-state index contributed by atoms with van der Waals surface area (Å²) >= 11 is 1.55. The van der Waals surface area contributed by atoms with Crippen molar-refractivity contribution in [2.45, 2.75) is 13.5 Å². The number of ether oxygens (including phenoxy) is 1. The average Bonchev–Trinajstić information content (AvgIpc) is 3.42. The number of aryl methyl sites for hydroxylation is 1. The maximum Gasteiger partial charge on any atom is 0.321 e. The minimum Gasteiger partial charge on any atom is -0.383 e. The Morgan fingerprint density at radius 1 is 1.39 bits per heavy atom. The summed E-state index contributed by atoms with van der Waals surface area (Å²) in [6.45, 7) is 4.75. The molecule has 0 spiro atoms. The van der Waals surface area contributed by atoms with Crippen LogP contribution in [-0.4, -0.2) is 47.6 Å². The minimum atomic E-state index is -0.0432. The van der Waals surface area contributed by atoms with E-state index in [1.165, 1.54) is 0 Å². The predicted molar refractivity (Wildman–Crippen MR) is 110 cm³/mol. The van der Waals surface area contributed by atoms with Crippen molar-refractivity contribution in [3.05, 3.63) is 41.5 Å². The average molecular weight is 398 g/mol. The number of benzene rings is 1. The first-order valence-electron chi connectivity index (χ1n) is 9.04. The molecular weight excluding hydrogens is 376 g/mol. The van der Waals surface area contributed by atoms with Gasteiger partial charge in [-0.2, -0.15) is 5.10 Å². The van der Waals surface area contributed by atoms with E-state index >= 15 is 0 Å². The molecule has 1 aromatic carbocycles. The van der Waals surface area contributed by atoms with Crippen molar-refractivity contribution in [1.29, 1.82) is 0 Å². The van der Waals surface area contributed by atoms with Crippen molar-refractivity contribution in [2.24, 2.45) is 0 Å². The van der Waals surface area contributed by atoms with Crippen LogP contribution in [0.1, 0.15) is 5.56 Å². The molecule has 0 radical (unpaired) electrons. The van der Waals surface area contributed by atoms with Crippen molar-refractivity contribution in [3.63, 3.8) is 0 Å². The Morgan fingerprint density at radius 2 is 2.29 bits per heavy atom. The first-order chi connectivity index (χ1) is 13.6. The van der Waals surface area contributed by atoms with Gasteiger partial charge in [0.15, 0.2) is 5.13 Å². The Hall–Kier alpha value is -2.91. The lowest BCUT2D eigenvalue weighted by Gasteiger charge is -2.16. The quantitative estimate of drug-likeness (QED) is 0.638. The number of aromatic nitrogens is 3. The SMILES string of the molecule is COCCn1cc(Nc2nc(-c3ccc(N4CCNC4=O)cc3C)cs2)cn1. The van der Waals surface area contributed by atoms with Gasteiger partial charge in [-0.15, -0.1) is 11.3 Å². The Kier molecular flexibility index (Phi) is 5.27. The highest BCUT2D eigenvalue weighted by Gasteiger charge is 2.21. The number of hydrogen-bond acceptors (Lipinski definition) is 6. The molecule has 146 valence electrons. The summed E-state index contributed by atoms with van der Waals surface area (Å²) in [5.41, 5.74) is 4.86. The van der Waals surface area contributed by atoms with Crippen molar-refractivity contribution < 1.29 is 9.53 Å². The van der Waals surface area contributed by atoms with Crippen LogP contribution in [0.3, 0.4) is 0 Å². The molecule has 0 saturated carbocycles. The van der Waals surface area contributed by atoms with E-state index in [0.29, 0.717) is 26.2 Å². The van der Waals surface area contributed by atoms with Gasteiger partial charge in [0, 0.05) is 43.0 Å². The van der Waals surface area contributed by atoms with Gasteiger partial charge >= 0.3 is 6.03 Å². The van der Waals surface area contributed by atoms with E-state index in [0.717, 1.165) is 33.3 Å². The highest BCUT2D eigenvalue weighted by atomic mass is 32.1. The van der Waals surface area contributed by atoms with Crippen LogP contribution in [0.25, 0.3) is 11.3 Å². The molecular formula is C19H22N6O2S. The topological polar surface area (TPSA) is 84.3 Å². The first kappa shape index (κ1) is 18.5. The molecule has 3 aromatic rings. The molecule has 1 saturated heterocycles.